The summed E-state index contributed by atoms with van der Waals surface area (Å²) >= 11 is 3.90. The first kappa shape index (κ1) is 39.8. The molecule has 58 heavy (non-hydrogen) atoms. The second kappa shape index (κ2) is 18.7. The number of ether oxygens (including phenoxy) is 2. The van der Waals surface area contributed by atoms with E-state index in [-0.39, 0.29) is 16.4 Å². The number of hydrogen-bond donors (Lipinski definition) is 1. The lowest BCUT2D eigenvalue weighted by atomic mass is 10.0. The van der Waals surface area contributed by atoms with Crippen LogP contribution >= 0.6 is 23.5 Å². The maximum Gasteiger partial charge on any atom is 0.313 e. The topological polar surface area (TPSA) is 138 Å². The summed E-state index contributed by atoms with van der Waals surface area (Å²) in [5, 5.41) is 16.0. The Morgan fingerprint density at radius 3 is 1.95 bits per heavy atom. The highest BCUT2D eigenvalue weighted by atomic mass is 32.2. The molecule has 304 valence electrons. The number of nitrogens with zero attached hydrogens (tertiary/aromatic N) is 9. The van der Waals surface area contributed by atoms with Crippen molar-refractivity contribution in [1.29, 1.82) is 0 Å². The third kappa shape index (κ3) is 9.17. The van der Waals surface area contributed by atoms with Crippen molar-refractivity contribution in [3.05, 3.63) is 88.6 Å². The zero-order valence-electron chi connectivity index (χ0n) is 32.5. The monoisotopic (exact) mass is 826 g/mol. The molecule has 4 fully saturated rings. The number of nitrogens with one attached hydrogen (secondary N) is 1. The van der Waals surface area contributed by atoms with Gasteiger partial charge in [0.15, 0.2) is 5.82 Å². The first-order chi connectivity index (χ1) is 28.4. The van der Waals surface area contributed by atoms with E-state index in [9.17, 15) is 14.5 Å². The third-order valence-corrected chi connectivity index (χ3v) is 12.5. The molecule has 0 bridgehead atoms. The number of rotatable bonds is 8. The summed E-state index contributed by atoms with van der Waals surface area (Å²) in [6.07, 6.45) is 5.49. The van der Waals surface area contributed by atoms with Crippen LogP contribution in [0.15, 0.2) is 67.1 Å². The molecule has 4 aliphatic heterocycles. The highest BCUT2D eigenvalue weighted by molar-refractivity contribution is 7.99. The fourth-order valence-corrected chi connectivity index (χ4v) is 9.33. The van der Waals surface area contributed by atoms with E-state index >= 15 is 0 Å². The minimum Gasteiger partial charge on any atom is -0.378 e. The Labute approximate surface area is 345 Å². The second-order valence-corrected chi connectivity index (χ2v) is 16.7. The minimum atomic E-state index is -0.333. The number of morpholine rings is 2. The van der Waals surface area contributed by atoms with Gasteiger partial charge in [0.05, 0.1) is 83.4 Å². The number of nitro groups is 1. The molecule has 5 aromatic rings. The molecule has 8 heterocycles. The van der Waals surface area contributed by atoms with Crippen LogP contribution in [0.2, 0.25) is 0 Å². The zero-order valence-corrected chi connectivity index (χ0v) is 34.1. The minimum absolute atomic E-state index is 0.0904. The molecule has 0 aliphatic carbocycles. The zero-order chi connectivity index (χ0) is 39.8. The van der Waals surface area contributed by atoms with Crippen LogP contribution in [0.5, 0.6) is 0 Å². The number of fused-ring (bicyclic) bond motifs is 1. The first-order valence-electron chi connectivity index (χ1n) is 19.7. The lowest BCUT2D eigenvalue weighted by molar-refractivity contribution is -0.384. The average Bonchev–Trinajstić information content (AvgIpc) is 3.28. The van der Waals surface area contributed by atoms with E-state index in [1.54, 1.807) is 24.5 Å². The number of thioether (sulfide) groups is 2. The molecule has 0 spiro atoms. The van der Waals surface area contributed by atoms with Gasteiger partial charge in [-0.2, -0.15) is 23.5 Å². The quantitative estimate of drug-likeness (QED) is 0.132. The molecular weight excluding hydrogens is 780 g/mol. The normalized spacial score (nSPS) is 17.5. The molecule has 4 saturated heterocycles. The number of hydrogen-bond acceptors (Lipinski definition) is 15. The summed E-state index contributed by atoms with van der Waals surface area (Å²) in [7, 11) is 0. The first-order valence-corrected chi connectivity index (χ1v) is 22.0. The van der Waals surface area contributed by atoms with Crippen LogP contribution < -0.4 is 24.9 Å². The van der Waals surface area contributed by atoms with E-state index in [2.05, 4.69) is 36.1 Å². The molecule has 4 aromatic heterocycles. The van der Waals surface area contributed by atoms with Crippen molar-refractivity contribution in [3.8, 4) is 11.4 Å². The fraction of sp³-hybridized carbons (Fsp3) is 0.415. The van der Waals surface area contributed by atoms with Gasteiger partial charge in [0.25, 0.3) is 0 Å². The van der Waals surface area contributed by atoms with Crippen LogP contribution in [0.3, 0.4) is 0 Å². The SMILES string of the molecule is Cc1c(-c2ccccn2)nc2cc(F)ccc2c1Nc1cc(N2CCSCC2)cnc1N1CCOCC1.O=[N+]([O-])c1cc(N2CCSCC2)cnc1N1CCOCC1. The van der Waals surface area contributed by atoms with Crippen LogP contribution in [0, 0.1) is 22.9 Å². The van der Waals surface area contributed by atoms with Gasteiger partial charge in [-0.05, 0) is 37.3 Å². The van der Waals surface area contributed by atoms with Crippen LogP contribution in [0.1, 0.15) is 5.56 Å². The van der Waals surface area contributed by atoms with Gasteiger partial charge in [0, 0.05) is 105 Å². The molecule has 14 nitrogen and oxygen atoms in total. The van der Waals surface area contributed by atoms with Crippen molar-refractivity contribution in [2.24, 2.45) is 0 Å². The molecule has 1 N–H and O–H groups in total. The van der Waals surface area contributed by atoms with Gasteiger partial charge in [-0.15, -0.1) is 0 Å². The summed E-state index contributed by atoms with van der Waals surface area (Å²) in [5.41, 5.74) is 6.85. The molecule has 0 radical (unpaired) electrons. The van der Waals surface area contributed by atoms with E-state index in [1.807, 2.05) is 59.7 Å². The summed E-state index contributed by atoms with van der Waals surface area (Å²) in [5.74, 6) is 5.37. The standard InChI is InChI=1S/C28H29FN6OS.C13H18N4O3S/c1-19-26(22-6-5-20(29)16-24(22)32-27(19)23-4-2-3-7-30-23)33-25-17-21(34-10-14-37-15-11-34)18-31-28(25)35-8-12-36-13-9-35;18-17(19)12-9-11(15-3-7-21-8-4-15)10-14-13(12)16-1-5-20-6-2-16/h2-7,16-18H,8-15H2,1H3,(H,32,33);9-10H,1-8H2. The maximum absolute atomic E-state index is 14.3. The van der Waals surface area contributed by atoms with E-state index in [4.69, 9.17) is 19.4 Å². The lowest BCUT2D eigenvalue weighted by Gasteiger charge is -2.32. The maximum atomic E-state index is 14.3. The van der Waals surface area contributed by atoms with E-state index < -0.39 is 0 Å². The summed E-state index contributed by atoms with van der Waals surface area (Å²) in [6.45, 7) is 11.3. The van der Waals surface area contributed by atoms with Crippen molar-refractivity contribution < 1.29 is 18.8 Å². The molecular formula is C41H47FN10O4S2. The van der Waals surface area contributed by atoms with E-state index in [1.165, 1.54) is 12.1 Å². The molecule has 9 rings (SSSR count). The second-order valence-electron chi connectivity index (χ2n) is 14.2. The lowest BCUT2D eigenvalue weighted by Crippen LogP contribution is -2.37. The van der Waals surface area contributed by atoms with Gasteiger partial charge in [0.2, 0.25) is 5.82 Å². The number of aromatic nitrogens is 4. The van der Waals surface area contributed by atoms with Gasteiger partial charge >= 0.3 is 5.69 Å². The van der Waals surface area contributed by atoms with E-state index in [0.29, 0.717) is 50.9 Å². The molecule has 17 heteroatoms. The molecule has 0 atom stereocenters. The van der Waals surface area contributed by atoms with Gasteiger partial charge in [0.1, 0.15) is 5.82 Å². The van der Waals surface area contributed by atoms with Crippen LogP contribution in [-0.4, -0.2) is 127 Å². The fourth-order valence-electron chi connectivity index (χ4n) is 7.52. The summed E-state index contributed by atoms with van der Waals surface area (Å²) < 4.78 is 25.2. The van der Waals surface area contributed by atoms with Gasteiger partial charge in [-0.3, -0.25) is 15.1 Å². The largest absolute Gasteiger partial charge is 0.378 e. The molecule has 0 amide bonds. The Kier molecular flexibility index (Phi) is 12.9. The Morgan fingerprint density at radius 2 is 1.34 bits per heavy atom. The molecule has 1 aromatic carbocycles. The molecule has 0 saturated carbocycles. The van der Waals surface area contributed by atoms with Gasteiger partial charge in [-0.1, -0.05) is 6.07 Å². The third-order valence-electron chi connectivity index (χ3n) is 10.6. The van der Waals surface area contributed by atoms with Crippen molar-refractivity contribution in [3.63, 3.8) is 0 Å². The van der Waals surface area contributed by atoms with Gasteiger partial charge < -0.3 is 34.4 Å². The smallest absolute Gasteiger partial charge is 0.313 e. The number of anilines is 6. The van der Waals surface area contributed by atoms with Crippen LogP contribution in [0.25, 0.3) is 22.3 Å². The predicted octanol–water partition coefficient (Wildman–Crippen LogP) is 6.65. The average molecular weight is 827 g/mol. The Morgan fingerprint density at radius 1 is 0.741 bits per heavy atom. The number of pyridine rings is 4. The highest BCUT2D eigenvalue weighted by Crippen LogP contribution is 2.39. The van der Waals surface area contributed by atoms with Crippen LogP contribution in [0.4, 0.5) is 44.5 Å². The Balaban J connectivity index is 0.000000189. The molecule has 4 aliphatic rings. The Hall–Kier alpha value is -4.97. The van der Waals surface area contributed by atoms with Crippen molar-refractivity contribution in [2.75, 3.05) is 127 Å². The van der Waals surface area contributed by atoms with Crippen molar-refractivity contribution in [1.82, 2.24) is 19.9 Å². The Bertz CT molecular complexity index is 2200. The number of halogens is 1. The summed E-state index contributed by atoms with van der Waals surface area (Å²) in [6, 6.07) is 14.4. The van der Waals surface area contributed by atoms with Crippen molar-refractivity contribution in [2.45, 2.75) is 6.92 Å². The highest BCUT2D eigenvalue weighted by Gasteiger charge is 2.26. The molecule has 0 unspecified atom stereocenters. The van der Waals surface area contributed by atoms with Crippen LogP contribution in [-0.2, 0) is 9.47 Å². The summed E-state index contributed by atoms with van der Waals surface area (Å²) in [4.78, 5) is 38.5. The van der Waals surface area contributed by atoms with E-state index in [0.717, 1.165) is 113 Å². The number of benzene rings is 1. The predicted molar refractivity (Wildman–Crippen MR) is 233 cm³/mol. The van der Waals surface area contributed by atoms with Crippen molar-refractivity contribution >= 4 is 74.5 Å². The van der Waals surface area contributed by atoms with Gasteiger partial charge in [-0.25, -0.2) is 19.3 Å².